The molecular weight excluding hydrogens is 332 g/mol. The molecule has 0 unspecified atom stereocenters. The number of hydrogen-bond acceptors (Lipinski definition) is 6. The Balaban J connectivity index is 1.65. The molecule has 3 rings (SSSR count). The highest BCUT2D eigenvalue weighted by Gasteiger charge is 2.13. The zero-order chi connectivity index (χ0) is 18.2. The fourth-order valence-corrected chi connectivity index (χ4v) is 2.74. The zero-order valence-corrected chi connectivity index (χ0v) is 14.7. The van der Waals surface area contributed by atoms with Gasteiger partial charge in [0.2, 0.25) is 0 Å². The minimum Gasteiger partial charge on any atom is -0.496 e. The lowest BCUT2D eigenvalue weighted by Gasteiger charge is -2.27. The average molecular weight is 354 g/mol. The van der Waals surface area contributed by atoms with E-state index >= 15 is 0 Å². The molecule has 26 heavy (non-hydrogen) atoms. The monoisotopic (exact) mass is 354 g/mol. The molecule has 1 saturated heterocycles. The second-order valence-electron chi connectivity index (χ2n) is 5.89. The van der Waals surface area contributed by atoms with E-state index in [1.807, 2.05) is 18.2 Å². The minimum atomic E-state index is -0.272. The SMILES string of the molecule is COc1ccc(C=NNC(=O)c2ccncc2)cc1CN1CCOCC1. The van der Waals surface area contributed by atoms with Crippen molar-refractivity contribution in [2.75, 3.05) is 33.4 Å². The van der Waals surface area contributed by atoms with Crippen molar-refractivity contribution in [3.05, 3.63) is 59.4 Å². The van der Waals surface area contributed by atoms with Gasteiger partial charge in [0.1, 0.15) is 5.75 Å². The molecule has 2 aromatic rings. The number of methoxy groups -OCH3 is 1. The number of rotatable bonds is 6. The standard InChI is InChI=1S/C19H22N4O3/c1-25-18-3-2-15(12-17(18)14-23-8-10-26-11-9-23)13-21-22-19(24)16-4-6-20-7-5-16/h2-7,12-13H,8-11,14H2,1H3,(H,22,24). The Morgan fingerprint density at radius 3 is 2.81 bits per heavy atom. The maximum Gasteiger partial charge on any atom is 0.271 e. The summed E-state index contributed by atoms with van der Waals surface area (Å²) in [5.74, 6) is 0.570. The first-order chi connectivity index (χ1) is 12.8. The van der Waals surface area contributed by atoms with Gasteiger partial charge in [0.25, 0.3) is 5.91 Å². The Hall–Kier alpha value is -2.77. The van der Waals surface area contributed by atoms with Gasteiger partial charge in [-0.25, -0.2) is 5.43 Å². The normalized spacial score (nSPS) is 15.1. The quantitative estimate of drug-likeness (QED) is 0.631. The molecule has 0 saturated carbocycles. The molecule has 0 bridgehead atoms. The van der Waals surface area contributed by atoms with Crippen LogP contribution in [0.3, 0.4) is 0 Å². The van der Waals surface area contributed by atoms with Crippen LogP contribution in [-0.4, -0.2) is 55.4 Å². The summed E-state index contributed by atoms with van der Waals surface area (Å²) in [6.45, 7) is 4.11. The highest BCUT2D eigenvalue weighted by molar-refractivity contribution is 5.94. The molecule has 1 aromatic carbocycles. The molecule has 7 heteroatoms. The number of ether oxygens (including phenoxy) is 2. The molecule has 1 fully saturated rings. The first-order valence-electron chi connectivity index (χ1n) is 8.47. The Labute approximate surface area is 152 Å². The van der Waals surface area contributed by atoms with Crippen LogP contribution >= 0.6 is 0 Å². The van der Waals surface area contributed by atoms with Crippen LogP contribution in [0.1, 0.15) is 21.5 Å². The Morgan fingerprint density at radius 1 is 1.31 bits per heavy atom. The van der Waals surface area contributed by atoms with E-state index in [1.54, 1.807) is 37.9 Å². The van der Waals surface area contributed by atoms with Crippen LogP contribution in [0.15, 0.2) is 47.8 Å². The number of morpholine rings is 1. The van der Waals surface area contributed by atoms with Gasteiger partial charge in [0.05, 0.1) is 26.5 Å². The van der Waals surface area contributed by atoms with Gasteiger partial charge < -0.3 is 9.47 Å². The van der Waals surface area contributed by atoms with Crippen molar-refractivity contribution < 1.29 is 14.3 Å². The Kier molecular flexibility index (Phi) is 6.29. The summed E-state index contributed by atoms with van der Waals surface area (Å²) in [5, 5.41) is 4.04. The molecule has 1 aliphatic heterocycles. The van der Waals surface area contributed by atoms with Crippen molar-refractivity contribution in [2.24, 2.45) is 5.10 Å². The number of pyridine rings is 1. The first kappa shape index (κ1) is 18.0. The molecule has 1 amide bonds. The fraction of sp³-hybridized carbons (Fsp3) is 0.316. The molecule has 136 valence electrons. The first-order valence-corrected chi connectivity index (χ1v) is 8.47. The third-order valence-electron chi connectivity index (χ3n) is 4.12. The predicted molar refractivity (Wildman–Crippen MR) is 98.4 cm³/mol. The maximum atomic E-state index is 12.0. The van der Waals surface area contributed by atoms with Crippen LogP contribution in [0.2, 0.25) is 0 Å². The van der Waals surface area contributed by atoms with Gasteiger partial charge in [-0.1, -0.05) is 0 Å². The lowest BCUT2D eigenvalue weighted by molar-refractivity contribution is 0.0339. The van der Waals surface area contributed by atoms with Crippen LogP contribution in [0.5, 0.6) is 5.75 Å². The van der Waals surface area contributed by atoms with E-state index in [4.69, 9.17) is 9.47 Å². The number of nitrogens with one attached hydrogen (secondary N) is 1. The number of carbonyl (C=O) groups excluding carboxylic acids is 1. The number of carbonyl (C=O) groups is 1. The van der Waals surface area contributed by atoms with E-state index in [0.29, 0.717) is 5.56 Å². The molecule has 1 N–H and O–H groups in total. The molecule has 1 aromatic heterocycles. The van der Waals surface area contributed by atoms with Gasteiger partial charge in [0, 0.05) is 43.2 Å². The third kappa shape index (κ3) is 4.87. The van der Waals surface area contributed by atoms with Gasteiger partial charge in [-0.15, -0.1) is 0 Å². The van der Waals surface area contributed by atoms with E-state index in [-0.39, 0.29) is 5.91 Å². The van der Waals surface area contributed by atoms with Crippen molar-refractivity contribution >= 4 is 12.1 Å². The van der Waals surface area contributed by atoms with Gasteiger partial charge in [0.15, 0.2) is 0 Å². The van der Waals surface area contributed by atoms with Gasteiger partial charge in [-0.2, -0.15) is 5.10 Å². The van der Waals surface area contributed by atoms with Crippen LogP contribution in [0.25, 0.3) is 0 Å². The fourth-order valence-electron chi connectivity index (χ4n) is 2.74. The lowest BCUT2D eigenvalue weighted by atomic mass is 10.1. The number of aromatic nitrogens is 1. The highest BCUT2D eigenvalue weighted by atomic mass is 16.5. The van der Waals surface area contributed by atoms with E-state index in [1.165, 1.54) is 0 Å². The number of hydrogen-bond donors (Lipinski definition) is 1. The molecule has 7 nitrogen and oxygen atoms in total. The molecule has 0 aliphatic carbocycles. The van der Waals surface area contributed by atoms with Crippen molar-refractivity contribution in [1.82, 2.24) is 15.3 Å². The zero-order valence-electron chi connectivity index (χ0n) is 14.7. The van der Waals surface area contributed by atoms with E-state index in [0.717, 1.165) is 49.7 Å². The number of amides is 1. The van der Waals surface area contributed by atoms with E-state index in [2.05, 4.69) is 20.4 Å². The Bertz CT molecular complexity index is 759. The van der Waals surface area contributed by atoms with Crippen LogP contribution < -0.4 is 10.2 Å². The third-order valence-corrected chi connectivity index (χ3v) is 4.12. The van der Waals surface area contributed by atoms with E-state index < -0.39 is 0 Å². The molecule has 0 radical (unpaired) electrons. The van der Waals surface area contributed by atoms with Gasteiger partial charge in [-0.3, -0.25) is 14.7 Å². The van der Waals surface area contributed by atoms with Crippen molar-refractivity contribution in [2.45, 2.75) is 6.54 Å². The molecule has 0 atom stereocenters. The smallest absolute Gasteiger partial charge is 0.271 e. The number of benzene rings is 1. The van der Waals surface area contributed by atoms with Crippen LogP contribution in [0.4, 0.5) is 0 Å². The van der Waals surface area contributed by atoms with Crippen LogP contribution in [0, 0.1) is 0 Å². The molecule has 2 heterocycles. The Morgan fingerprint density at radius 2 is 2.08 bits per heavy atom. The van der Waals surface area contributed by atoms with Gasteiger partial charge >= 0.3 is 0 Å². The molecule has 0 spiro atoms. The summed E-state index contributed by atoms with van der Waals surface area (Å²) in [4.78, 5) is 18.2. The van der Waals surface area contributed by atoms with E-state index in [9.17, 15) is 4.79 Å². The van der Waals surface area contributed by atoms with Gasteiger partial charge in [-0.05, 0) is 35.9 Å². The summed E-state index contributed by atoms with van der Waals surface area (Å²) >= 11 is 0. The predicted octanol–water partition coefficient (Wildman–Crippen LogP) is 1.69. The van der Waals surface area contributed by atoms with Crippen molar-refractivity contribution in [3.63, 3.8) is 0 Å². The largest absolute Gasteiger partial charge is 0.496 e. The molecule has 1 aliphatic rings. The lowest BCUT2D eigenvalue weighted by Crippen LogP contribution is -2.35. The maximum absolute atomic E-state index is 12.0. The second kappa shape index (κ2) is 9.07. The van der Waals surface area contributed by atoms with Crippen LogP contribution in [-0.2, 0) is 11.3 Å². The second-order valence-corrected chi connectivity index (χ2v) is 5.89. The number of hydrazone groups is 1. The number of nitrogens with zero attached hydrogens (tertiary/aromatic N) is 3. The summed E-state index contributed by atoms with van der Waals surface area (Å²) in [6, 6.07) is 9.12. The van der Waals surface area contributed by atoms with Crippen molar-refractivity contribution in [1.29, 1.82) is 0 Å². The average Bonchev–Trinajstić information content (AvgIpc) is 2.69. The highest BCUT2D eigenvalue weighted by Crippen LogP contribution is 2.21. The summed E-state index contributed by atoms with van der Waals surface area (Å²) in [5.41, 5.74) is 5.01. The topological polar surface area (TPSA) is 76.0 Å². The van der Waals surface area contributed by atoms with Crippen molar-refractivity contribution in [3.8, 4) is 5.75 Å². The summed E-state index contributed by atoms with van der Waals surface area (Å²) < 4.78 is 10.9. The summed E-state index contributed by atoms with van der Waals surface area (Å²) in [6.07, 6.45) is 4.77. The summed E-state index contributed by atoms with van der Waals surface area (Å²) in [7, 11) is 1.67. The molecular formula is C19H22N4O3. The minimum absolute atomic E-state index is 0.272.